The van der Waals surface area contributed by atoms with Gasteiger partial charge in [0.2, 0.25) is 0 Å². The number of hydrogen-bond acceptors (Lipinski definition) is 5. The summed E-state index contributed by atoms with van der Waals surface area (Å²) in [4.78, 5) is 35.0. The molecule has 0 aliphatic carbocycles. The van der Waals surface area contributed by atoms with E-state index in [1.165, 1.54) is 13.2 Å². The molecule has 1 heterocycles. The van der Waals surface area contributed by atoms with Gasteiger partial charge in [-0.2, -0.15) is 0 Å². The number of aliphatic carboxylic acids is 1. The van der Waals surface area contributed by atoms with Crippen LogP contribution in [-0.2, 0) is 9.59 Å². The Morgan fingerprint density at radius 3 is 2.70 bits per heavy atom. The van der Waals surface area contributed by atoms with Crippen LogP contribution in [0.15, 0.2) is 23.9 Å². The Hall–Kier alpha value is -3.03. The first-order valence-electron chi connectivity index (χ1n) is 6.83. The number of urea groups is 1. The van der Waals surface area contributed by atoms with E-state index in [0.717, 1.165) is 0 Å². The van der Waals surface area contributed by atoms with Gasteiger partial charge in [-0.25, -0.2) is 9.69 Å². The highest BCUT2D eigenvalue weighted by Crippen LogP contribution is 2.29. The fourth-order valence-corrected chi connectivity index (χ4v) is 2.07. The van der Waals surface area contributed by atoms with Crippen LogP contribution in [0.5, 0.6) is 11.5 Å². The molecule has 1 aromatic carbocycles. The van der Waals surface area contributed by atoms with Crippen LogP contribution < -0.4 is 14.8 Å². The average Bonchev–Trinajstić information content (AvgIpc) is 2.76. The Bertz CT molecular complexity index is 683. The molecule has 0 unspecified atom stereocenters. The summed E-state index contributed by atoms with van der Waals surface area (Å²) in [6, 6.07) is 4.27. The van der Waals surface area contributed by atoms with E-state index in [0.29, 0.717) is 28.6 Å². The lowest BCUT2D eigenvalue weighted by atomic mass is 10.1. The molecule has 1 fully saturated rings. The van der Waals surface area contributed by atoms with Crippen molar-refractivity contribution in [3.05, 3.63) is 29.5 Å². The second-order valence-corrected chi connectivity index (χ2v) is 4.62. The summed E-state index contributed by atoms with van der Waals surface area (Å²) in [5.41, 5.74) is 0.605. The van der Waals surface area contributed by atoms with Gasteiger partial charge in [-0.1, -0.05) is 6.07 Å². The molecule has 0 spiro atoms. The van der Waals surface area contributed by atoms with E-state index in [-0.39, 0.29) is 5.70 Å². The lowest BCUT2D eigenvalue weighted by Crippen LogP contribution is -2.35. The summed E-state index contributed by atoms with van der Waals surface area (Å²) in [5.74, 6) is -0.908. The highest BCUT2D eigenvalue weighted by Gasteiger charge is 2.34. The number of methoxy groups -OCH3 is 1. The molecule has 8 nitrogen and oxygen atoms in total. The molecule has 1 saturated heterocycles. The summed E-state index contributed by atoms with van der Waals surface area (Å²) < 4.78 is 10.6. The summed E-state index contributed by atoms with van der Waals surface area (Å²) >= 11 is 0. The van der Waals surface area contributed by atoms with Gasteiger partial charge in [0.05, 0.1) is 13.7 Å². The summed E-state index contributed by atoms with van der Waals surface area (Å²) in [7, 11) is 1.49. The number of carboxylic acid groups (broad SMARTS) is 1. The van der Waals surface area contributed by atoms with E-state index in [1.54, 1.807) is 18.2 Å². The molecular formula is C15H16N2O6. The number of ether oxygens (including phenoxy) is 2. The van der Waals surface area contributed by atoms with E-state index < -0.39 is 24.5 Å². The molecular weight excluding hydrogens is 304 g/mol. The fraction of sp³-hybridized carbons (Fsp3) is 0.267. The van der Waals surface area contributed by atoms with Gasteiger partial charge in [-0.05, 0) is 30.7 Å². The zero-order valence-corrected chi connectivity index (χ0v) is 12.7. The summed E-state index contributed by atoms with van der Waals surface area (Å²) in [5, 5.41) is 11.1. The first kappa shape index (κ1) is 16.3. The number of amides is 3. The van der Waals surface area contributed by atoms with Crippen LogP contribution in [0.1, 0.15) is 12.5 Å². The Labute approximate surface area is 132 Å². The van der Waals surface area contributed by atoms with Gasteiger partial charge in [0.1, 0.15) is 12.2 Å². The molecule has 3 amide bonds. The molecule has 23 heavy (non-hydrogen) atoms. The van der Waals surface area contributed by atoms with Crippen molar-refractivity contribution in [2.45, 2.75) is 6.92 Å². The zero-order valence-electron chi connectivity index (χ0n) is 12.7. The first-order valence-corrected chi connectivity index (χ1v) is 6.83. The van der Waals surface area contributed by atoms with Crippen molar-refractivity contribution in [1.82, 2.24) is 10.2 Å². The number of carbonyl (C=O) groups excluding carboxylic acids is 2. The standard InChI is InChI=1S/C15H16N2O6/c1-3-23-11-5-4-9(7-12(11)22-2)6-10-14(20)17(8-13(18)19)15(21)16-10/h4-7H,3,8H2,1-2H3,(H,16,21)(H,18,19)/b10-6+. The van der Waals surface area contributed by atoms with E-state index in [2.05, 4.69) is 5.32 Å². The normalized spacial score (nSPS) is 15.7. The molecule has 0 saturated carbocycles. The number of rotatable bonds is 6. The second-order valence-electron chi connectivity index (χ2n) is 4.62. The Kier molecular flexibility index (Phi) is 4.85. The number of nitrogens with zero attached hydrogens (tertiary/aromatic N) is 1. The van der Waals surface area contributed by atoms with Crippen LogP contribution in [0, 0.1) is 0 Å². The predicted molar refractivity (Wildman–Crippen MR) is 80.0 cm³/mol. The van der Waals surface area contributed by atoms with Crippen molar-refractivity contribution in [3.8, 4) is 11.5 Å². The number of hydrogen-bond donors (Lipinski definition) is 2. The minimum Gasteiger partial charge on any atom is -0.493 e. The Balaban J connectivity index is 2.26. The topological polar surface area (TPSA) is 105 Å². The molecule has 0 aromatic heterocycles. The first-order chi connectivity index (χ1) is 11.0. The average molecular weight is 320 g/mol. The van der Waals surface area contributed by atoms with Crippen molar-refractivity contribution >= 4 is 24.0 Å². The van der Waals surface area contributed by atoms with E-state index >= 15 is 0 Å². The maximum atomic E-state index is 12.0. The molecule has 122 valence electrons. The van der Waals surface area contributed by atoms with Gasteiger partial charge in [0, 0.05) is 0 Å². The lowest BCUT2D eigenvalue weighted by molar-refractivity contribution is -0.140. The Morgan fingerprint density at radius 1 is 1.35 bits per heavy atom. The van der Waals surface area contributed by atoms with E-state index in [4.69, 9.17) is 14.6 Å². The number of nitrogens with one attached hydrogen (secondary N) is 1. The van der Waals surface area contributed by atoms with Gasteiger partial charge >= 0.3 is 12.0 Å². The minimum atomic E-state index is -1.27. The molecule has 8 heteroatoms. The maximum Gasteiger partial charge on any atom is 0.329 e. The number of benzene rings is 1. The van der Waals surface area contributed by atoms with Crippen molar-refractivity contribution in [3.63, 3.8) is 0 Å². The largest absolute Gasteiger partial charge is 0.493 e. The van der Waals surface area contributed by atoms with Gasteiger partial charge in [-0.15, -0.1) is 0 Å². The highest BCUT2D eigenvalue weighted by atomic mass is 16.5. The summed E-state index contributed by atoms with van der Waals surface area (Å²) in [6.45, 7) is 1.64. The third-order valence-electron chi connectivity index (χ3n) is 3.05. The van der Waals surface area contributed by atoms with Crippen LogP contribution in [0.25, 0.3) is 6.08 Å². The third kappa shape index (κ3) is 3.60. The van der Waals surface area contributed by atoms with Crippen LogP contribution in [0.2, 0.25) is 0 Å². The minimum absolute atomic E-state index is 0.00228. The third-order valence-corrected chi connectivity index (χ3v) is 3.05. The predicted octanol–water partition coefficient (Wildman–Crippen LogP) is 1.07. The second kappa shape index (κ2) is 6.82. The smallest absolute Gasteiger partial charge is 0.329 e. The fourth-order valence-electron chi connectivity index (χ4n) is 2.07. The number of imide groups is 1. The van der Waals surface area contributed by atoms with Gasteiger partial charge in [0.25, 0.3) is 5.91 Å². The van der Waals surface area contributed by atoms with Crippen molar-refractivity contribution in [1.29, 1.82) is 0 Å². The van der Waals surface area contributed by atoms with Crippen LogP contribution >= 0.6 is 0 Å². The molecule has 2 rings (SSSR count). The zero-order chi connectivity index (χ0) is 17.0. The molecule has 0 bridgehead atoms. The SMILES string of the molecule is CCOc1ccc(/C=C2/NC(=O)N(CC(=O)O)C2=O)cc1OC. The Morgan fingerprint density at radius 2 is 2.09 bits per heavy atom. The van der Waals surface area contributed by atoms with Crippen LogP contribution in [0.3, 0.4) is 0 Å². The quantitative estimate of drug-likeness (QED) is 0.600. The maximum absolute atomic E-state index is 12.0. The van der Waals surface area contributed by atoms with Gasteiger partial charge in [-0.3, -0.25) is 9.59 Å². The van der Waals surface area contributed by atoms with Gasteiger partial charge in [0.15, 0.2) is 11.5 Å². The van der Waals surface area contributed by atoms with E-state index in [1.807, 2.05) is 6.92 Å². The molecule has 1 aliphatic rings. The summed E-state index contributed by atoms with van der Waals surface area (Å²) in [6.07, 6.45) is 1.44. The number of carbonyl (C=O) groups is 3. The molecule has 1 aliphatic heterocycles. The van der Waals surface area contributed by atoms with Crippen LogP contribution in [0.4, 0.5) is 4.79 Å². The molecule has 0 atom stereocenters. The van der Waals surface area contributed by atoms with Crippen molar-refractivity contribution in [2.75, 3.05) is 20.3 Å². The monoisotopic (exact) mass is 320 g/mol. The highest BCUT2D eigenvalue weighted by molar-refractivity contribution is 6.15. The van der Waals surface area contributed by atoms with Crippen molar-refractivity contribution < 1.29 is 29.0 Å². The van der Waals surface area contributed by atoms with E-state index in [9.17, 15) is 14.4 Å². The van der Waals surface area contributed by atoms with Crippen LogP contribution in [-0.4, -0.2) is 48.2 Å². The lowest BCUT2D eigenvalue weighted by Gasteiger charge is -2.09. The molecule has 0 radical (unpaired) electrons. The molecule has 1 aromatic rings. The number of carboxylic acids is 1. The molecule has 2 N–H and O–H groups in total. The van der Waals surface area contributed by atoms with Gasteiger partial charge < -0.3 is 19.9 Å². The van der Waals surface area contributed by atoms with Crippen molar-refractivity contribution in [2.24, 2.45) is 0 Å².